The minimum atomic E-state index is 0.529. The van der Waals surface area contributed by atoms with Crippen molar-refractivity contribution in [2.24, 2.45) is 23.7 Å². The molecule has 1 aromatic carbocycles. The molecule has 6 aliphatic rings. The number of hydrogen-bond acceptors (Lipinski definition) is 4. The summed E-state index contributed by atoms with van der Waals surface area (Å²) in [6.45, 7) is 0. The van der Waals surface area contributed by atoms with Gasteiger partial charge in [-0.05, 0) is 105 Å². The lowest BCUT2D eigenvalue weighted by molar-refractivity contribution is -0.142. The van der Waals surface area contributed by atoms with E-state index in [4.69, 9.17) is 0 Å². The van der Waals surface area contributed by atoms with Crippen LogP contribution < -0.4 is 0 Å². The summed E-state index contributed by atoms with van der Waals surface area (Å²) in [4.78, 5) is 3.21. The predicted molar refractivity (Wildman–Crippen MR) is 136 cm³/mol. The zero-order valence-corrected chi connectivity index (χ0v) is 21.1. The summed E-state index contributed by atoms with van der Waals surface area (Å²) < 4.78 is 0. The molecule has 0 bridgehead atoms. The van der Waals surface area contributed by atoms with Gasteiger partial charge in [0.2, 0.25) is 0 Å². The molecule has 4 heteroatoms. The standard InChI is InChI=1S/C30H37N3S/c31-16-18-13-19(17-32)15-20(14-18)21-11-12-26-29-22(21)5-3-6-23(29)24-7-4-10-28-30(24)33(26)25-8-1-2-9-27(25)34-28/h13-15,21-30H,1-12H2. The Morgan fingerprint density at radius 1 is 0.676 bits per heavy atom. The first-order valence-corrected chi connectivity index (χ1v) is 15.1. The van der Waals surface area contributed by atoms with Crippen molar-refractivity contribution in [3.63, 3.8) is 0 Å². The van der Waals surface area contributed by atoms with Crippen molar-refractivity contribution in [2.45, 2.75) is 112 Å². The van der Waals surface area contributed by atoms with Crippen molar-refractivity contribution >= 4 is 11.8 Å². The van der Waals surface area contributed by atoms with Gasteiger partial charge in [-0.2, -0.15) is 22.3 Å². The van der Waals surface area contributed by atoms with E-state index < -0.39 is 0 Å². The molecule has 4 aliphatic carbocycles. The summed E-state index contributed by atoms with van der Waals surface area (Å²) >= 11 is 2.43. The van der Waals surface area contributed by atoms with Gasteiger partial charge in [0.15, 0.2) is 0 Å². The highest BCUT2D eigenvalue weighted by molar-refractivity contribution is 8.00. The fraction of sp³-hybridized carbons (Fsp3) is 0.733. The van der Waals surface area contributed by atoms with E-state index in [0.717, 1.165) is 52.3 Å². The lowest BCUT2D eigenvalue weighted by Gasteiger charge is -2.68. The van der Waals surface area contributed by atoms with E-state index in [1.165, 1.54) is 82.6 Å². The van der Waals surface area contributed by atoms with Gasteiger partial charge >= 0.3 is 0 Å². The predicted octanol–water partition coefficient (Wildman–Crippen LogP) is 6.62. The highest BCUT2D eigenvalue weighted by atomic mass is 32.2. The lowest BCUT2D eigenvalue weighted by Crippen LogP contribution is -2.72. The minimum Gasteiger partial charge on any atom is -0.292 e. The van der Waals surface area contributed by atoms with Crippen LogP contribution in [0.4, 0.5) is 0 Å². The van der Waals surface area contributed by atoms with Crippen LogP contribution in [0.25, 0.3) is 0 Å². The van der Waals surface area contributed by atoms with Crippen molar-refractivity contribution in [3.05, 3.63) is 34.9 Å². The first-order valence-electron chi connectivity index (χ1n) is 14.1. The molecule has 7 rings (SSSR count). The molecule has 10 atom stereocenters. The Kier molecular flexibility index (Phi) is 5.48. The van der Waals surface area contributed by atoms with Crippen LogP contribution in [0.1, 0.15) is 99.7 Å². The maximum Gasteiger partial charge on any atom is 0.0992 e. The molecule has 34 heavy (non-hydrogen) atoms. The third kappa shape index (κ3) is 3.24. The molecule has 2 aliphatic heterocycles. The third-order valence-electron chi connectivity index (χ3n) is 11.0. The second-order valence-electron chi connectivity index (χ2n) is 12.3. The van der Waals surface area contributed by atoms with Crippen LogP contribution in [0, 0.1) is 46.3 Å². The van der Waals surface area contributed by atoms with Crippen molar-refractivity contribution in [3.8, 4) is 12.1 Å². The number of nitrogens with zero attached hydrogens (tertiary/aromatic N) is 3. The van der Waals surface area contributed by atoms with E-state index in [0.29, 0.717) is 17.0 Å². The van der Waals surface area contributed by atoms with Crippen molar-refractivity contribution in [2.75, 3.05) is 0 Å². The summed E-state index contributed by atoms with van der Waals surface area (Å²) in [7, 11) is 0. The molecule has 0 amide bonds. The Morgan fingerprint density at radius 3 is 2.21 bits per heavy atom. The van der Waals surface area contributed by atoms with E-state index in [-0.39, 0.29) is 0 Å². The van der Waals surface area contributed by atoms with Crippen LogP contribution in [-0.2, 0) is 0 Å². The number of rotatable bonds is 1. The van der Waals surface area contributed by atoms with E-state index >= 15 is 0 Å². The molecule has 6 fully saturated rings. The van der Waals surface area contributed by atoms with Crippen molar-refractivity contribution in [1.82, 2.24) is 4.90 Å². The van der Waals surface area contributed by atoms with E-state index in [1.54, 1.807) is 6.07 Å². The van der Waals surface area contributed by atoms with Crippen molar-refractivity contribution in [1.29, 1.82) is 10.5 Å². The summed E-state index contributed by atoms with van der Waals surface area (Å²) in [5, 5.41) is 21.0. The number of nitriles is 2. The molecule has 0 radical (unpaired) electrons. The fourth-order valence-corrected chi connectivity index (χ4v) is 12.1. The molecule has 2 heterocycles. The molecular formula is C30H37N3S. The molecule has 10 unspecified atom stereocenters. The number of thioether (sulfide) groups is 1. The quantitative estimate of drug-likeness (QED) is 0.462. The highest BCUT2D eigenvalue weighted by Crippen LogP contribution is 2.62. The summed E-state index contributed by atoms with van der Waals surface area (Å²) in [6.07, 6.45) is 16.9. The molecule has 1 aromatic rings. The summed E-state index contributed by atoms with van der Waals surface area (Å²) in [5.41, 5.74) is 2.62. The first-order chi connectivity index (χ1) is 16.8. The largest absolute Gasteiger partial charge is 0.292 e. The van der Waals surface area contributed by atoms with Gasteiger partial charge in [0.05, 0.1) is 23.3 Å². The Balaban J connectivity index is 1.28. The van der Waals surface area contributed by atoms with Crippen LogP contribution >= 0.6 is 11.8 Å². The van der Waals surface area contributed by atoms with Crippen LogP contribution in [0.15, 0.2) is 18.2 Å². The van der Waals surface area contributed by atoms with Gasteiger partial charge in [-0.15, -0.1) is 0 Å². The van der Waals surface area contributed by atoms with E-state index in [9.17, 15) is 10.5 Å². The topological polar surface area (TPSA) is 50.8 Å². The van der Waals surface area contributed by atoms with Crippen molar-refractivity contribution < 1.29 is 0 Å². The Morgan fingerprint density at radius 2 is 1.38 bits per heavy atom. The molecule has 2 saturated heterocycles. The van der Waals surface area contributed by atoms with Gasteiger partial charge in [-0.1, -0.05) is 25.7 Å². The SMILES string of the molecule is N#Cc1cc(C#N)cc(C2CCC3C4C2CCCC4C2CCCC4SC5CCCCC5N3C42)c1. The maximum absolute atomic E-state index is 9.61. The van der Waals surface area contributed by atoms with Gasteiger partial charge < -0.3 is 0 Å². The normalized spacial score (nSPS) is 45.1. The second-order valence-corrected chi connectivity index (χ2v) is 13.7. The molecular weight excluding hydrogens is 434 g/mol. The molecule has 0 aromatic heterocycles. The average molecular weight is 472 g/mol. The number of fused-ring (bicyclic) bond motifs is 4. The van der Waals surface area contributed by atoms with Crippen LogP contribution in [0.5, 0.6) is 0 Å². The van der Waals surface area contributed by atoms with E-state index in [2.05, 4.69) is 40.9 Å². The van der Waals surface area contributed by atoms with Gasteiger partial charge in [-0.25, -0.2) is 0 Å². The molecule has 0 spiro atoms. The van der Waals surface area contributed by atoms with E-state index in [1.807, 2.05) is 0 Å². The monoisotopic (exact) mass is 471 g/mol. The fourth-order valence-electron chi connectivity index (χ4n) is 10.0. The molecule has 0 N–H and O–H groups in total. The number of piperidine rings is 1. The third-order valence-corrected chi connectivity index (χ3v) is 12.7. The highest BCUT2D eigenvalue weighted by Gasteiger charge is 2.61. The number of hydrogen-bond donors (Lipinski definition) is 0. The zero-order valence-electron chi connectivity index (χ0n) is 20.2. The Bertz CT molecular complexity index is 1010. The van der Waals surface area contributed by atoms with Gasteiger partial charge in [0.1, 0.15) is 0 Å². The smallest absolute Gasteiger partial charge is 0.0992 e. The molecule has 178 valence electrons. The van der Waals surface area contributed by atoms with Crippen LogP contribution in [-0.4, -0.2) is 33.5 Å². The minimum absolute atomic E-state index is 0.529. The van der Waals surface area contributed by atoms with Crippen LogP contribution in [0.2, 0.25) is 0 Å². The summed E-state index contributed by atoms with van der Waals surface area (Å²) in [6, 6.07) is 13.1. The summed E-state index contributed by atoms with van der Waals surface area (Å²) in [5.74, 6) is 3.91. The number of benzene rings is 1. The first kappa shape index (κ1) is 21.8. The molecule has 4 saturated carbocycles. The zero-order chi connectivity index (χ0) is 22.8. The Hall–Kier alpha value is -1.49. The second kappa shape index (κ2) is 8.57. The molecule has 3 nitrogen and oxygen atoms in total. The lowest BCUT2D eigenvalue weighted by atomic mass is 9.51. The van der Waals surface area contributed by atoms with Gasteiger partial charge in [0, 0.05) is 28.6 Å². The van der Waals surface area contributed by atoms with Gasteiger partial charge in [0.25, 0.3) is 0 Å². The Labute approximate surface area is 209 Å². The maximum atomic E-state index is 9.61. The average Bonchev–Trinajstić information content (AvgIpc) is 2.90. The van der Waals surface area contributed by atoms with Gasteiger partial charge in [-0.3, -0.25) is 4.90 Å². The van der Waals surface area contributed by atoms with Crippen LogP contribution in [0.3, 0.4) is 0 Å².